The van der Waals surface area contributed by atoms with Gasteiger partial charge in [-0.1, -0.05) is 41.4 Å². The van der Waals surface area contributed by atoms with Crippen molar-refractivity contribution < 1.29 is 18.0 Å². The Morgan fingerprint density at radius 2 is 1.78 bits per heavy atom. The number of nitrogens with zero attached hydrogens (tertiary/aromatic N) is 2. The zero-order valence-corrected chi connectivity index (χ0v) is 17.6. The summed E-state index contributed by atoms with van der Waals surface area (Å²) < 4.78 is 39.4. The second kappa shape index (κ2) is 8.68. The number of carbonyl (C=O) groups excluding carboxylic acids is 1. The van der Waals surface area contributed by atoms with E-state index in [2.05, 4.69) is 25.6 Å². The van der Waals surface area contributed by atoms with Gasteiger partial charge in [0.1, 0.15) is 0 Å². The van der Waals surface area contributed by atoms with E-state index in [1.165, 1.54) is 36.7 Å². The number of H-pyrrole nitrogens is 1. The minimum absolute atomic E-state index is 0.0198. The number of rotatable bonds is 5. The molecule has 164 valence electrons. The van der Waals surface area contributed by atoms with Crippen LogP contribution in [0.3, 0.4) is 0 Å². The molecule has 0 aliphatic rings. The summed E-state index contributed by atoms with van der Waals surface area (Å²) in [7, 11) is 0. The minimum atomic E-state index is -4.50. The molecule has 0 bridgehead atoms. The lowest BCUT2D eigenvalue weighted by molar-refractivity contribution is -0.138. The average molecular weight is 480 g/mol. The maximum Gasteiger partial charge on any atom is 0.416 e. The van der Waals surface area contributed by atoms with Gasteiger partial charge >= 0.3 is 6.18 Å². The highest BCUT2D eigenvalue weighted by atomic mass is 35.5. The molecule has 0 unspecified atom stereocenters. The van der Waals surface area contributed by atoms with Crippen molar-refractivity contribution in [3.63, 3.8) is 0 Å². The number of halogens is 5. The third kappa shape index (κ3) is 4.63. The van der Waals surface area contributed by atoms with Crippen molar-refractivity contribution in [3.05, 3.63) is 81.6 Å². The van der Waals surface area contributed by atoms with Crippen LogP contribution in [0.1, 0.15) is 21.5 Å². The number of aromatic amines is 1. The van der Waals surface area contributed by atoms with E-state index in [4.69, 9.17) is 23.2 Å². The van der Waals surface area contributed by atoms with Gasteiger partial charge in [-0.25, -0.2) is 4.98 Å². The molecule has 0 aliphatic heterocycles. The number of alkyl halides is 3. The Balaban J connectivity index is 1.51. The molecule has 0 radical (unpaired) electrons. The maximum atomic E-state index is 13.1. The molecule has 0 atom stereocenters. The number of anilines is 2. The zero-order chi connectivity index (χ0) is 22.9. The van der Waals surface area contributed by atoms with Crippen LogP contribution in [0.25, 0.3) is 11.0 Å². The maximum absolute atomic E-state index is 13.1. The van der Waals surface area contributed by atoms with Gasteiger partial charge in [0.15, 0.2) is 0 Å². The molecule has 0 spiro atoms. The normalized spacial score (nSPS) is 11.5. The Kier molecular flexibility index (Phi) is 5.94. The van der Waals surface area contributed by atoms with Crippen LogP contribution in [0.2, 0.25) is 10.0 Å². The molecule has 6 nitrogen and oxygen atoms in total. The van der Waals surface area contributed by atoms with Crippen molar-refractivity contribution >= 4 is 51.8 Å². The molecule has 0 fully saturated rings. The number of carbonyl (C=O) groups is 1. The lowest BCUT2D eigenvalue weighted by atomic mass is 10.1. The first kappa shape index (κ1) is 21.9. The molecule has 11 heteroatoms. The van der Waals surface area contributed by atoms with E-state index in [0.717, 1.165) is 6.07 Å². The van der Waals surface area contributed by atoms with Gasteiger partial charge in [0.2, 0.25) is 5.95 Å². The summed E-state index contributed by atoms with van der Waals surface area (Å²) in [5, 5.41) is 6.10. The summed E-state index contributed by atoms with van der Waals surface area (Å²) in [4.78, 5) is 23.8. The third-order valence-electron chi connectivity index (χ3n) is 4.60. The monoisotopic (exact) mass is 479 g/mol. The molecule has 3 N–H and O–H groups in total. The molecule has 2 aromatic heterocycles. The van der Waals surface area contributed by atoms with E-state index in [1.807, 2.05) is 0 Å². The average Bonchev–Trinajstić information content (AvgIpc) is 3.16. The minimum Gasteiger partial charge on any atom is -0.348 e. The van der Waals surface area contributed by atoms with Crippen molar-refractivity contribution in [2.45, 2.75) is 12.7 Å². The largest absolute Gasteiger partial charge is 0.416 e. The molecular formula is C21H14Cl2F3N5O. The van der Waals surface area contributed by atoms with Crippen molar-refractivity contribution in [1.82, 2.24) is 20.3 Å². The third-order valence-corrected chi connectivity index (χ3v) is 5.18. The van der Waals surface area contributed by atoms with Gasteiger partial charge in [0, 0.05) is 24.5 Å². The first-order chi connectivity index (χ1) is 15.2. The van der Waals surface area contributed by atoms with Gasteiger partial charge in [-0.3, -0.25) is 9.78 Å². The molecule has 1 amide bonds. The topological polar surface area (TPSA) is 82.7 Å². The van der Waals surface area contributed by atoms with Gasteiger partial charge in [0.25, 0.3) is 5.91 Å². The number of pyridine rings is 1. The molecule has 4 aromatic rings. The Labute approximate surface area is 189 Å². The van der Waals surface area contributed by atoms with Crippen LogP contribution in [0.15, 0.2) is 54.9 Å². The van der Waals surface area contributed by atoms with Gasteiger partial charge in [-0.05, 0) is 29.8 Å². The van der Waals surface area contributed by atoms with E-state index in [0.29, 0.717) is 32.7 Å². The number of hydrogen-bond acceptors (Lipinski definition) is 4. The number of aromatic nitrogens is 3. The smallest absolute Gasteiger partial charge is 0.348 e. The van der Waals surface area contributed by atoms with E-state index >= 15 is 0 Å². The van der Waals surface area contributed by atoms with Gasteiger partial charge < -0.3 is 15.6 Å². The number of nitrogens with one attached hydrogen (secondary N) is 3. The number of imidazole rings is 1. The van der Waals surface area contributed by atoms with Crippen LogP contribution >= 0.6 is 23.2 Å². The fourth-order valence-electron chi connectivity index (χ4n) is 3.09. The Morgan fingerprint density at radius 1 is 1.06 bits per heavy atom. The van der Waals surface area contributed by atoms with Crippen LogP contribution in [0.5, 0.6) is 0 Å². The predicted octanol–water partition coefficient (Wildman–Crippen LogP) is 5.96. The Bertz CT molecular complexity index is 1290. The fourth-order valence-corrected chi connectivity index (χ4v) is 3.55. The summed E-state index contributed by atoms with van der Waals surface area (Å²) in [6, 6.07) is 9.80. The van der Waals surface area contributed by atoms with E-state index in [-0.39, 0.29) is 17.7 Å². The van der Waals surface area contributed by atoms with Crippen LogP contribution < -0.4 is 10.6 Å². The second-order valence-corrected chi connectivity index (χ2v) is 7.57. The van der Waals surface area contributed by atoms with Crippen molar-refractivity contribution in [2.24, 2.45) is 0 Å². The highest BCUT2D eigenvalue weighted by Crippen LogP contribution is 2.32. The van der Waals surface area contributed by atoms with Gasteiger partial charge in [0.05, 0.1) is 32.3 Å². The summed E-state index contributed by atoms with van der Waals surface area (Å²) in [6.07, 6.45) is -1.64. The molecule has 4 rings (SSSR count). The summed E-state index contributed by atoms with van der Waals surface area (Å²) >= 11 is 12.2. The predicted molar refractivity (Wildman–Crippen MR) is 116 cm³/mol. The molecule has 0 saturated carbocycles. The SMILES string of the molecule is O=C(NCc1ccccc1C(F)(F)F)c1ccc2nc(Nc3c(Cl)cncc3Cl)[nH]c2c1. The molecule has 2 heterocycles. The highest BCUT2D eigenvalue weighted by Gasteiger charge is 2.32. The number of hydrogen-bond donors (Lipinski definition) is 3. The summed E-state index contributed by atoms with van der Waals surface area (Å²) in [5.41, 5.74) is 0.979. The Morgan fingerprint density at radius 3 is 2.50 bits per heavy atom. The molecule has 0 saturated heterocycles. The molecule has 2 aromatic carbocycles. The van der Waals surface area contributed by atoms with Crippen LogP contribution in [0, 0.1) is 0 Å². The molecule has 32 heavy (non-hydrogen) atoms. The molecular weight excluding hydrogens is 466 g/mol. The molecule has 0 aliphatic carbocycles. The summed E-state index contributed by atoms with van der Waals surface area (Å²) in [5.74, 6) is -0.181. The standard InChI is InChI=1S/C21H14Cl2F3N5O/c22-14-9-27-10-15(23)18(14)31-20-29-16-6-5-11(7-17(16)30-20)19(32)28-8-12-3-1-2-4-13(12)21(24,25)26/h1-7,9-10H,8H2,(H,28,32)(H2,27,29,30,31). The number of amides is 1. The highest BCUT2D eigenvalue weighted by molar-refractivity contribution is 6.39. The lowest BCUT2D eigenvalue weighted by Crippen LogP contribution is -2.24. The second-order valence-electron chi connectivity index (χ2n) is 6.76. The van der Waals surface area contributed by atoms with Crippen LogP contribution in [-0.4, -0.2) is 20.9 Å². The lowest BCUT2D eigenvalue weighted by Gasteiger charge is -2.13. The first-order valence-electron chi connectivity index (χ1n) is 9.21. The van der Waals surface area contributed by atoms with E-state index in [1.54, 1.807) is 12.1 Å². The number of fused-ring (bicyclic) bond motifs is 1. The Hall–Kier alpha value is -3.30. The van der Waals surface area contributed by atoms with Gasteiger partial charge in [-0.2, -0.15) is 13.2 Å². The summed E-state index contributed by atoms with van der Waals surface area (Å²) in [6.45, 7) is -0.263. The van der Waals surface area contributed by atoms with Crippen LogP contribution in [-0.2, 0) is 12.7 Å². The van der Waals surface area contributed by atoms with Crippen molar-refractivity contribution in [1.29, 1.82) is 0 Å². The quantitative estimate of drug-likeness (QED) is 0.330. The van der Waals surface area contributed by atoms with Crippen LogP contribution in [0.4, 0.5) is 24.8 Å². The van der Waals surface area contributed by atoms with Crippen molar-refractivity contribution in [3.8, 4) is 0 Å². The number of benzene rings is 2. The zero-order valence-electron chi connectivity index (χ0n) is 16.1. The first-order valence-corrected chi connectivity index (χ1v) is 9.97. The fraction of sp³-hybridized carbons (Fsp3) is 0.0952. The van der Waals surface area contributed by atoms with Gasteiger partial charge in [-0.15, -0.1) is 0 Å². The van der Waals surface area contributed by atoms with E-state index < -0.39 is 17.6 Å². The van der Waals surface area contributed by atoms with Crippen molar-refractivity contribution in [2.75, 3.05) is 5.32 Å². The van der Waals surface area contributed by atoms with E-state index in [9.17, 15) is 18.0 Å².